The second kappa shape index (κ2) is 8.05. The number of aryl methyl sites for hydroxylation is 1. The lowest BCUT2D eigenvalue weighted by Gasteiger charge is -2.13. The molecule has 154 valence electrons. The molecule has 9 heteroatoms. The lowest BCUT2D eigenvalue weighted by molar-refractivity contribution is -0.136. The Hall–Kier alpha value is -3.96. The van der Waals surface area contributed by atoms with Crippen LogP contribution in [-0.2, 0) is 17.8 Å². The number of hydrogen-bond acceptors (Lipinski definition) is 6. The number of nitriles is 1. The summed E-state index contributed by atoms with van der Waals surface area (Å²) in [6.07, 6.45) is -0.0772. The molecule has 8 nitrogen and oxygen atoms in total. The SMILES string of the molecule is Cc1cc(C#N)cc(Cl)c1-c1nc2c(c(Nc3ccc(CC(=O)O)cc3)n1)C(=O)NC2. The smallest absolute Gasteiger partial charge is 0.307 e. The molecule has 0 bridgehead atoms. The lowest BCUT2D eigenvalue weighted by atomic mass is 10.0. The molecule has 4 rings (SSSR count). The zero-order valence-corrected chi connectivity index (χ0v) is 17.1. The Bertz CT molecular complexity index is 1240. The standard InChI is InChI=1S/C22H16ClN5O3/c1-11-6-13(9-24)7-15(23)18(11)20-27-16-10-25-22(31)19(16)21(28-20)26-14-4-2-12(3-5-14)8-17(29)30/h2-7H,8,10H2,1H3,(H,25,31)(H,29,30)(H,26,27,28). The van der Waals surface area contributed by atoms with Crippen molar-refractivity contribution in [1.29, 1.82) is 5.26 Å². The predicted octanol–water partition coefficient (Wildman–Crippen LogP) is 3.59. The zero-order valence-electron chi connectivity index (χ0n) is 16.4. The van der Waals surface area contributed by atoms with Gasteiger partial charge in [0.1, 0.15) is 11.4 Å². The summed E-state index contributed by atoms with van der Waals surface area (Å²) in [4.78, 5) is 32.3. The van der Waals surface area contributed by atoms with E-state index in [4.69, 9.17) is 22.0 Å². The van der Waals surface area contributed by atoms with Crippen LogP contribution >= 0.6 is 11.6 Å². The number of carbonyl (C=O) groups is 2. The Kier molecular flexibility index (Phi) is 5.28. The number of aliphatic carboxylic acids is 1. The molecule has 1 aliphatic heterocycles. The van der Waals surface area contributed by atoms with Crippen molar-refractivity contribution in [3.8, 4) is 17.5 Å². The number of fused-ring (bicyclic) bond motifs is 1. The van der Waals surface area contributed by atoms with Gasteiger partial charge in [0, 0.05) is 11.3 Å². The Morgan fingerprint density at radius 2 is 2.00 bits per heavy atom. The van der Waals surface area contributed by atoms with Crippen LogP contribution in [0.15, 0.2) is 36.4 Å². The second-order valence-electron chi connectivity index (χ2n) is 7.05. The fourth-order valence-corrected chi connectivity index (χ4v) is 3.79. The van der Waals surface area contributed by atoms with E-state index in [1.165, 1.54) is 0 Å². The van der Waals surface area contributed by atoms with E-state index >= 15 is 0 Å². The van der Waals surface area contributed by atoms with Crippen LogP contribution in [-0.4, -0.2) is 27.0 Å². The van der Waals surface area contributed by atoms with E-state index in [9.17, 15) is 9.59 Å². The first kappa shape index (κ1) is 20.3. The number of nitrogens with one attached hydrogen (secondary N) is 2. The fourth-order valence-electron chi connectivity index (χ4n) is 3.44. The molecule has 3 N–H and O–H groups in total. The minimum absolute atomic E-state index is 0.0772. The van der Waals surface area contributed by atoms with Crippen molar-refractivity contribution in [2.75, 3.05) is 5.32 Å². The molecular formula is C22H16ClN5O3. The number of hydrogen-bond donors (Lipinski definition) is 3. The highest BCUT2D eigenvalue weighted by Gasteiger charge is 2.28. The highest BCUT2D eigenvalue weighted by Crippen LogP contribution is 2.34. The molecule has 0 spiro atoms. The molecule has 0 aliphatic carbocycles. The second-order valence-corrected chi connectivity index (χ2v) is 7.46. The van der Waals surface area contributed by atoms with Crippen molar-refractivity contribution in [3.05, 3.63) is 69.4 Å². The van der Waals surface area contributed by atoms with Gasteiger partial charge in [-0.3, -0.25) is 9.59 Å². The average Bonchev–Trinajstić information content (AvgIpc) is 3.09. The van der Waals surface area contributed by atoms with E-state index in [0.29, 0.717) is 50.3 Å². The summed E-state index contributed by atoms with van der Waals surface area (Å²) in [6, 6.07) is 12.2. The molecule has 3 aromatic rings. The Morgan fingerprint density at radius 3 is 2.65 bits per heavy atom. The van der Waals surface area contributed by atoms with Gasteiger partial charge < -0.3 is 15.7 Å². The molecule has 2 aromatic carbocycles. The van der Waals surface area contributed by atoms with Gasteiger partial charge in [-0.15, -0.1) is 0 Å². The van der Waals surface area contributed by atoms with Crippen LogP contribution in [0.3, 0.4) is 0 Å². The van der Waals surface area contributed by atoms with Gasteiger partial charge in [-0.2, -0.15) is 5.26 Å². The maximum atomic E-state index is 12.4. The number of nitrogens with zero attached hydrogens (tertiary/aromatic N) is 3. The monoisotopic (exact) mass is 433 g/mol. The number of carboxylic acids is 1. The summed E-state index contributed by atoms with van der Waals surface area (Å²) in [5.74, 6) is -0.535. The van der Waals surface area contributed by atoms with Gasteiger partial charge in [0.05, 0.1) is 35.3 Å². The molecular weight excluding hydrogens is 418 g/mol. The van der Waals surface area contributed by atoms with E-state index < -0.39 is 5.97 Å². The molecule has 2 heterocycles. The van der Waals surface area contributed by atoms with Gasteiger partial charge in [0.2, 0.25) is 0 Å². The summed E-state index contributed by atoms with van der Waals surface area (Å²) in [5, 5.41) is 24.3. The van der Waals surface area contributed by atoms with E-state index in [1.54, 1.807) is 36.4 Å². The summed E-state index contributed by atoms with van der Waals surface area (Å²) in [7, 11) is 0. The number of anilines is 2. The number of halogens is 1. The summed E-state index contributed by atoms with van der Waals surface area (Å²) in [5.41, 5.74) is 3.95. The van der Waals surface area contributed by atoms with Crippen molar-refractivity contribution in [3.63, 3.8) is 0 Å². The first-order chi connectivity index (χ1) is 14.9. The Balaban J connectivity index is 1.77. The highest BCUT2D eigenvalue weighted by molar-refractivity contribution is 6.33. The molecule has 0 saturated heterocycles. The van der Waals surface area contributed by atoms with Crippen molar-refractivity contribution in [2.24, 2.45) is 0 Å². The van der Waals surface area contributed by atoms with Crippen LogP contribution in [0, 0.1) is 18.3 Å². The summed E-state index contributed by atoms with van der Waals surface area (Å²) in [6.45, 7) is 2.08. The van der Waals surface area contributed by atoms with Crippen molar-refractivity contribution >= 4 is 35.0 Å². The number of carboxylic acid groups (broad SMARTS) is 1. The first-order valence-electron chi connectivity index (χ1n) is 9.33. The van der Waals surface area contributed by atoms with Crippen LogP contribution in [0.2, 0.25) is 5.02 Å². The van der Waals surface area contributed by atoms with Crippen molar-refractivity contribution in [1.82, 2.24) is 15.3 Å². The molecule has 0 atom stereocenters. The fraction of sp³-hybridized carbons (Fsp3) is 0.136. The average molecular weight is 434 g/mol. The third-order valence-corrected chi connectivity index (χ3v) is 5.14. The number of carbonyl (C=O) groups excluding carboxylic acids is 1. The van der Waals surface area contributed by atoms with E-state index in [-0.39, 0.29) is 18.9 Å². The van der Waals surface area contributed by atoms with Crippen LogP contribution in [0.1, 0.15) is 32.7 Å². The van der Waals surface area contributed by atoms with Crippen LogP contribution in [0.4, 0.5) is 11.5 Å². The van der Waals surface area contributed by atoms with E-state index in [0.717, 1.165) is 5.56 Å². The number of aromatic nitrogens is 2. The van der Waals surface area contributed by atoms with Crippen LogP contribution < -0.4 is 10.6 Å². The first-order valence-corrected chi connectivity index (χ1v) is 9.71. The zero-order chi connectivity index (χ0) is 22.1. The third kappa shape index (κ3) is 4.04. The number of amides is 1. The molecule has 0 radical (unpaired) electrons. The molecule has 1 aliphatic rings. The number of rotatable bonds is 5. The van der Waals surface area contributed by atoms with E-state index in [2.05, 4.69) is 26.7 Å². The molecule has 0 saturated carbocycles. The Labute approximate surface area is 182 Å². The molecule has 0 fully saturated rings. The Morgan fingerprint density at radius 1 is 1.26 bits per heavy atom. The quantitative estimate of drug-likeness (QED) is 0.560. The maximum Gasteiger partial charge on any atom is 0.307 e. The van der Waals surface area contributed by atoms with E-state index in [1.807, 2.05) is 6.92 Å². The summed E-state index contributed by atoms with van der Waals surface area (Å²) >= 11 is 6.42. The molecule has 1 aromatic heterocycles. The normalized spacial score (nSPS) is 12.1. The largest absolute Gasteiger partial charge is 0.481 e. The summed E-state index contributed by atoms with van der Waals surface area (Å²) < 4.78 is 0. The van der Waals surface area contributed by atoms with Crippen LogP contribution in [0.5, 0.6) is 0 Å². The van der Waals surface area contributed by atoms with Crippen molar-refractivity contribution < 1.29 is 14.7 Å². The minimum atomic E-state index is -0.912. The molecule has 31 heavy (non-hydrogen) atoms. The lowest BCUT2D eigenvalue weighted by Crippen LogP contribution is -2.14. The molecule has 0 unspecified atom stereocenters. The highest BCUT2D eigenvalue weighted by atomic mass is 35.5. The topological polar surface area (TPSA) is 128 Å². The minimum Gasteiger partial charge on any atom is -0.481 e. The van der Waals surface area contributed by atoms with Gasteiger partial charge in [-0.05, 0) is 42.3 Å². The van der Waals surface area contributed by atoms with Gasteiger partial charge in [-0.25, -0.2) is 9.97 Å². The van der Waals surface area contributed by atoms with Gasteiger partial charge in [-0.1, -0.05) is 23.7 Å². The predicted molar refractivity (Wildman–Crippen MR) is 114 cm³/mol. The molecule has 1 amide bonds. The van der Waals surface area contributed by atoms with Gasteiger partial charge in [0.15, 0.2) is 5.82 Å². The number of benzene rings is 2. The van der Waals surface area contributed by atoms with Gasteiger partial charge >= 0.3 is 5.97 Å². The third-order valence-electron chi connectivity index (χ3n) is 4.84. The van der Waals surface area contributed by atoms with Crippen LogP contribution in [0.25, 0.3) is 11.4 Å². The van der Waals surface area contributed by atoms with Gasteiger partial charge in [0.25, 0.3) is 5.91 Å². The van der Waals surface area contributed by atoms with Crippen molar-refractivity contribution in [2.45, 2.75) is 19.9 Å². The maximum absolute atomic E-state index is 12.4.